The Morgan fingerprint density at radius 1 is 0.571 bits per heavy atom. The Morgan fingerprint density at radius 2 is 1.17 bits per heavy atom. The summed E-state index contributed by atoms with van der Waals surface area (Å²) >= 11 is -0.950. The molecule has 7 heteroatoms. The van der Waals surface area contributed by atoms with Crippen LogP contribution < -0.4 is 23.5 Å². The Hall–Kier alpha value is -3.44. The van der Waals surface area contributed by atoms with Crippen molar-refractivity contribution in [2.45, 2.75) is 31.1 Å². The van der Waals surface area contributed by atoms with Crippen LogP contribution in [0.1, 0.15) is 16.7 Å². The van der Waals surface area contributed by atoms with Gasteiger partial charge in [0.05, 0.1) is 13.7 Å². The summed E-state index contributed by atoms with van der Waals surface area (Å²) in [5.74, 6) is 2.41. The second kappa shape index (κ2) is 16.9. The first kappa shape index (κ1) is 31.5. The van der Waals surface area contributed by atoms with Gasteiger partial charge in [-0.3, -0.25) is 0 Å². The Morgan fingerprint density at radius 3 is 1.93 bits per heavy atom. The number of ether oxygens (including phenoxy) is 5. The summed E-state index contributed by atoms with van der Waals surface area (Å²) in [6.45, 7) is 4.12. The quantitative estimate of drug-likeness (QED) is 0.0982. The molecule has 0 bridgehead atoms. The monoisotopic (exact) mass is 631 g/mol. The number of hydrogen-bond acceptors (Lipinski definition) is 6. The third-order valence-electron chi connectivity index (χ3n) is 6.76. The zero-order valence-electron chi connectivity index (χ0n) is 25.1. The molecule has 0 saturated heterocycles. The SMILES string of the molecule is COc1cccc(CN(Cc2cccc([As](C)C)c2)c2cccc(COCCOCCOc3cccc(OC)c3)c2)c1. The van der Waals surface area contributed by atoms with Gasteiger partial charge < -0.3 is 14.2 Å². The molecule has 0 fully saturated rings. The molecule has 0 unspecified atom stereocenters. The molecule has 0 spiro atoms. The van der Waals surface area contributed by atoms with Crippen LogP contribution in [0.5, 0.6) is 17.2 Å². The van der Waals surface area contributed by atoms with E-state index in [-0.39, 0.29) is 0 Å². The molecule has 4 rings (SSSR count). The van der Waals surface area contributed by atoms with E-state index < -0.39 is 14.7 Å². The molecule has 4 aromatic carbocycles. The summed E-state index contributed by atoms with van der Waals surface area (Å²) in [5.41, 5.74) is 9.59. The fourth-order valence-corrected chi connectivity index (χ4v) is 6.24. The summed E-state index contributed by atoms with van der Waals surface area (Å²) in [6.07, 6.45) is 0. The second-order valence-electron chi connectivity index (χ2n) is 10.1. The van der Waals surface area contributed by atoms with Gasteiger partial charge in [-0.25, -0.2) is 0 Å². The van der Waals surface area contributed by atoms with Gasteiger partial charge in [0.15, 0.2) is 0 Å². The molecule has 6 nitrogen and oxygen atoms in total. The van der Waals surface area contributed by atoms with Gasteiger partial charge >= 0.3 is 186 Å². The third kappa shape index (κ3) is 10.1. The van der Waals surface area contributed by atoms with E-state index in [4.69, 9.17) is 23.7 Å². The molecule has 42 heavy (non-hydrogen) atoms. The second-order valence-corrected chi connectivity index (χ2v) is 15.0. The normalized spacial score (nSPS) is 11.0. The zero-order chi connectivity index (χ0) is 29.6. The van der Waals surface area contributed by atoms with Crippen molar-refractivity contribution in [3.05, 3.63) is 114 Å². The maximum atomic E-state index is 5.95. The van der Waals surface area contributed by atoms with E-state index in [0.29, 0.717) is 33.0 Å². The van der Waals surface area contributed by atoms with Crippen LogP contribution in [-0.4, -0.2) is 55.3 Å². The number of hydrogen-bond donors (Lipinski definition) is 0. The first-order valence-electron chi connectivity index (χ1n) is 14.2. The summed E-state index contributed by atoms with van der Waals surface area (Å²) in [7, 11) is 3.36. The van der Waals surface area contributed by atoms with Crippen molar-refractivity contribution in [2.24, 2.45) is 0 Å². The molecule has 0 saturated carbocycles. The van der Waals surface area contributed by atoms with E-state index in [2.05, 4.69) is 83.1 Å². The molecular formula is C35H42AsNO5. The Balaban J connectivity index is 1.31. The first-order valence-corrected chi connectivity index (χ1v) is 18.9. The average molecular weight is 632 g/mol. The molecule has 0 aliphatic rings. The van der Waals surface area contributed by atoms with E-state index in [1.54, 1.807) is 14.2 Å². The molecule has 0 aromatic heterocycles. The van der Waals surface area contributed by atoms with Crippen LogP contribution in [0, 0.1) is 0 Å². The van der Waals surface area contributed by atoms with Crippen molar-refractivity contribution in [1.29, 1.82) is 0 Å². The molecule has 0 aliphatic heterocycles. The topological polar surface area (TPSA) is 49.4 Å². The van der Waals surface area contributed by atoms with Crippen molar-refractivity contribution >= 4 is 24.7 Å². The Labute approximate surface area is 255 Å². The van der Waals surface area contributed by atoms with E-state index in [1.807, 2.05) is 30.3 Å². The van der Waals surface area contributed by atoms with Gasteiger partial charge in [0, 0.05) is 6.07 Å². The molecule has 4 aromatic rings. The van der Waals surface area contributed by atoms with Gasteiger partial charge in [0.25, 0.3) is 0 Å². The summed E-state index contributed by atoms with van der Waals surface area (Å²) in [4.78, 5) is 2.42. The molecule has 0 aliphatic carbocycles. The van der Waals surface area contributed by atoms with E-state index >= 15 is 0 Å². The molecular weight excluding hydrogens is 589 g/mol. The molecule has 0 N–H and O–H groups in total. The fraction of sp³-hybridized carbons (Fsp3) is 0.314. The molecule has 0 amide bonds. The van der Waals surface area contributed by atoms with Gasteiger partial charge in [-0.15, -0.1) is 0 Å². The van der Waals surface area contributed by atoms with Crippen LogP contribution in [0.2, 0.25) is 11.4 Å². The standard InChI is InChI=1S/C35H42AsNO5/c1-36(2)31-12-5-9-28(21-31)25-37(26-29-10-7-14-33(23-29)38-3)32-13-6-11-30(22-32)27-41-18-17-40-19-20-42-35-16-8-15-34(24-35)39-4/h5-16,21-24H,17-20,25-27H2,1-4H3. The molecule has 0 heterocycles. The summed E-state index contributed by atoms with van der Waals surface area (Å²) in [5, 5.41) is 0. The van der Waals surface area contributed by atoms with Crippen molar-refractivity contribution in [2.75, 3.05) is 45.5 Å². The third-order valence-corrected chi connectivity index (χ3v) is 9.51. The summed E-state index contributed by atoms with van der Waals surface area (Å²) in [6, 6.07) is 33.6. The van der Waals surface area contributed by atoms with Crippen LogP contribution in [0.4, 0.5) is 5.69 Å². The van der Waals surface area contributed by atoms with E-state index in [9.17, 15) is 0 Å². The molecule has 0 radical (unpaired) electrons. The fourth-order valence-electron chi connectivity index (χ4n) is 4.55. The van der Waals surface area contributed by atoms with Gasteiger partial charge in [0.2, 0.25) is 0 Å². The van der Waals surface area contributed by atoms with Crippen LogP contribution >= 0.6 is 0 Å². The van der Waals surface area contributed by atoms with Crippen LogP contribution in [0.15, 0.2) is 97.1 Å². The number of nitrogens with zero attached hydrogens (tertiary/aromatic N) is 1. The molecule has 222 valence electrons. The predicted octanol–water partition coefficient (Wildman–Crippen LogP) is 6.48. The van der Waals surface area contributed by atoms with E-state index in [0.717, 1.165) is 41.6 Å². The number of rotatable bonds is 17. The summed E-state index contributed by atoms with van der Waals surface area (Å²) < 4.78 is 29.6. The number of methoxy groups -OCH3 is 2. The van der Waals surface area contributed by atoms with Gasteiger partial charge in [-0.1, -0.05) is 6.07 Å². The van der Waals surface area contributed by atoms with Crippen molar-refractivity contribution in [3.63, 3.8) is 0 Å². The first-order chi connectivity index (χ1) is 20.5. The number of benzene rings is 4. The zero-order valence-corrected chi connectivity index (χ0v) is 27.0. The van der Waals surface area contributed by atoms with Crippen LogP contribution in [0.3, 0.4) is 0 Å². The van der Waals surface area contributed by atoms with Crippen molar-refractivity contribution in [3.8, 4) is 17.2 Å². The Kier molecular flexibility index (Phi) is 12.6. The van der Waals surface area contributed by atoms with Gasteiger partial charge in [-0.2, -0.15) is 0 Å². The maximum absolute atomic E-state index is 5.95. The van der Waals surface area contributed by atoms with Crippen molar-refractivity contribution in [1.82, 2.24) is 0 Å². The van der Waals surface area contributed by atoms with Crippen LogP contribution in [0.25, 0.3) is 0 Å². The predicted molar refractivity (Wildman–Crippen MR) is 172 cm³/mol. The minimum atomic E-state index is -0.950. The van der Waals surface area contributed by atoms with Gasteiger partial charge in [0.1, 0.15) is 18.1 Å². The minimum absolute atomic E-state index is 0.473. The van der Waals surface area contributed by atoms with Gasteiger partial charge in [-0.05, 0) is 12.1 Å². The van der Waals surface area contributed by atoms with Crippen molar-refractivity contribution < 1.29 is 23.7 Å². The average Bonchev–Trinajstić information content (AvgIpc) is 3.02. The molecule has 0 atom stereocenters. The number of anilines is 1. The Bertz CT molecular complexity index is 1380. The van der Waals surface area contributed by atoms with E-state index in [1.165, 1.54) is 15.5 Å². The van der Waals surface area contributed by atoms with Crippen LogP contribution in [-0.2, 0) is 29.2 Å².